The maximum Gasteiger partial charge on any atom is 0.530 e. The smallest absolute Gasteiger partial charge is 0.409 e. The second kappa shape index (κ2) is 15.7. The highest BCUT2D eigenvalue weighted by molar-refractivity contribution is 7.43. The lowest BCUT2D eigenvalue weighted by atomic mass is 10.3. The summed E-state index contributed by atoms with van der Waals surface area (Å²) in [5, 5.41) is 2.13. The van der Waals surface area contributed by atoms with E-state index in [1.165, 1.54) is 0 Å². The number of hydrogen-bond acceptors (Lipinski definition) is 6. The fourth-order valence-corrected chi connectivity index (χ4v) is 9.84. The van der Waals surface area contributed by atoms with E-state index in [9.17, 15) is 0 Å². The molecule has 0 aliphatic heterocycles. The molecule has 0 aliphatic rings. The summed E-state index contributed by atoms with van der Waals surface area (Å²) < 4.78 is 38.3. The Morgan fingerprint density at radius 2 is 0.574 bits per heavy atom. The fraction of sp³-hybridized carbons (Fsp3) is 0.0526. The van der Waals surface area contributed by atoms with Crippen LogP contribution >= 0.6 is 17.2 Å². The maximum atomic E-state index is 6.61. The van der Waals surface area contributed by atoms with Gasteiger partial charge < -0.3 is 27.1 Å². The molecule has 0 saturated heterocycles. The van der Waals surface area contributed by atoms with E-state index in [4.69, 9.17) is 27.1 Å². The van der Waals surface area contributed by atoms with E-state index >= 15 is 0 Å². The average molecular weight is 677 g/mol. The first-order valence-corrected chi connectivity index (χ1v) is 20.3. The molecule has 0 amide bonds. The first-order chi connectivity index (χ1) is 23.0. The van der Waals surface area contributed by atoms with Crippen molar-refractivity contribution in [1.29, 1.82) is 0 Å². The zero-order valence-electron chi connectivity index (χ0n) is 26.0. The Bertz CT molecular complexity index is 1610. The average Bonchev–Trinajstić information content (AvgIpc) is 3.10. The summed E-state index contributed by atoms with van der Waals surface area (Å²) in [5.74, 6) is 4.03. The van der Waals surface area contributed by atoms with Gasteiger partial charge in [0.15, 0.2) is 0 Å². The molecule has 6 aromatic rings. The molecule has 0 saturated carbocycles. The van der Waals surface area contributed by atoms with Crippen LogP contribution in [0.15, 0.2) is 170 Å². The second-order valence-electron chi connectivity index (χ2n) is 10.9. The van der Waals surface area contributed by atoms with Gasteiger partial charge in [0.2, 0.25) is 0 Å². The van der Waals surface area contributed by atoms with Crippen LogP contribution in [0.5, 0.6) is 34.5 Å². The van der Waals surface area contributed by atoms with Crippen molar-refractivity contribution in [2.45, 2.75) is 13.1 Å². The third-order valence-electron chi connectivity index (χ3n) is 7.16. The van der Waals surface area contributed by atoms with Crippen molar-refractivity contribution in [3.63, 3.8) is 0 Å². The van der Waals surface area contributed by atoms with Gasteiger partial charge in [0, 0.05) is 0 Å². The Hall–Kier alpha value is -4.80. The minimum Gasteiger partial charge on any atom is -0.409 e. The molecule has 0 bridgehead atoms. The van der Waals surface area contributed by atoms with Crippen molar-refractivity contribution in [1.82, 2.24) is 0 Å². The summed E-state index contributed by atoms with van der Waals surface area (Å²) in [6.07, 6.45) is 0. The Morgan fingerprint density at radius 1 is 0.319 bits per heavy atom. The second-order valence-corrected chi connectivity index (χ2v) is 17.2. The van der Waals surface area contributed by atoms with E-state index in [2.05, 4.69) is 25.2 Å². The van der Waals surface area contributed by atoms with Crippen LogP contribution in [0.1, 0.15) is 0 Å². The number of rotatable bonds is 14. The highest BCUT2D eigenvalue weighted by atomic mass is 31.2. The standard InChI is InChI=1S/C38H34O6P2Si/c1-47(2,37-29-17-15-27-35(37)43-45(39-31-19-7-3-8-20-31)40-32-21-9-4-10-22-32)38-30-18-16-28-36(38)44-46(41-33-23-11-5-12-24-33)42-34-25-13-6-14-26-34/h3-30H,1-2H3. The first kappa shape index (κ1) is 32.2. The van der Waals surface area contributed by atoms with Crippen LogP contribution in [0.3, 0.4) is 0 Å². The van der Waals surface area contributed by atoms with Crippen molar-refractivity contribution >= 4 is 35.7 Å². The van der Waals surface area contributed by atoms with Gasteiger partial charge >= 0.3 is 17.2 Å². The predicted molar refractivity (Wildman–Crippen MR) is 193 cm³/mol. The van der Waals surface area contributed by atoms with Gasteiger partial charge in [0.05, 0.1) is 0 Å². The summed E-state index contributed by atoms with van der Waals surface area (Å²) in [7, 11) is -6.19. The minimum atomic E-state index is -2.50. The molecule has 6 rings (SSSR count). The topological polar surface area (TPSA) is 55.4 Å². The summed E-state index contributed by atoms with van der Waals surface area (Å²) in [5.41, 5.74) is 0. The van der Waals surface area contributed by atoms with E-state index in [-0.39, 0.29) is 0 Å². The molecule has 0 aromatic heterocycles. The summed E-state index contributed by atoms with van der Waals surface area (Å²) in [6, 6.07) is 54.4. The summed E-state index contributed by atoms with van der Waals surface area (Å²) in [4.78, 5) is 0. The van der Waals surface area contributed by atoms with Crippen molar-refractivity contribution in [3.8, 4) is 34.5 Å². The summed E-state index contributed by atoms with van der Waals surface area (Å²) in [6.45, 7) is 4.54. The lowest BCUT2D eigenvalue weighted by Crippen LogP contribution is -2.53. The third kappa shape index (κ3) is 8.72. The molecule has 0 heterocycles. The van der Waals surface area contributed by atoms with Crippen molar-refractivity contribution in [3.05, 3.63) is 170 Å². The van der Waals surface area contributed by atoms with Crippen molar-refractivity contribution in [2.24, 2.45) is 0 Å². The predicted octanol–water partition coefficient (Wildman–Crippen LogP) is 10.0. The van der Waals surface area contributed by atoms with Gasteiger partial charge in [-0.3, -0.25) is 0 Å². The van der Waals surface area contributed by atoms with Gasteiger partial charge in [0.25, 0.3) is 0 Å². The van der Waals surface area contributed by atoms with Gasteiger partial charge in [-0.2, -0.15) is 0 Å². The number of hydrogen-bond donors (Lipinski definition) is 0. The molecule has 0 fully saturated rings. The van der Waals surface area contributed by atoms with Crippen molar-refractivity contribution < 1.29 is 27.1 Å². The molecule has 0 unspecified atom stereocenters. The normalized spacial score (nSPS) is 11.1. The van der Waals surface area contributed by atoms with E-state index in [0.29, 0.717) is 34.5 Å². The highest BCUT2D eigenvalue weighted by Crippen LogP contribution is 2.44. The van der Waals surface area contributed by atoms with Crippen LogP contribution in [0.4, 0.5) is 0 Å². The van der Waals surface area contributed by atoms with Gasteiger partial charge in [-0.25, -0.2) is 0 Å². The number of para-hydroxylation sites is 6. The molecule has 0 radical (unpaired) electrons. The van der Waals surface area contributed by atoms with Gasteiger partial charge in [-0.15, -0.1) is 0 Å². The van der Waals surface area contributed by atoms with Gasteiger partial charge in [-0.1, -0.05) is 122 Å². The van der Waals surface area contributed by atoms with Crippen LogP contribution in [-0.4, -0.2) is 8.07 Å². The molecule has 0 N–H and O–H groups in total. The molecular formula is C38H34O6P2Si. The monoisotopic (exact) mass is 676 g/mol. The molecule has 6 nitrogen and oxygen atoms in total. The molecule has 0 aliphatic carbocycles. The Kier molecular flexibility index (Phi) is 10.7. The lowest BCUT2D eigenvalue weighted by molar-refractivity contribution is 0.388. The Morgan fingerprint density at radius 3 is 0.872 bits per heavy atom. The van der Waals surface area contributed by atoms with Crippen LogP contribution in [0.25, 0.3) is 0 Å². The summed E-state index contributed by atoms with van der Waals surface area (Å²) >= 11 is 0. The number of benzene rings is 6. The molecule has 6 aromatic carbocycles. The van der Waals surface area contributed by atoms with E-state index in [1.807, 2.05) is 158 Å². The molecule has 47 heavy (non-hydrogen) atoms. The van der Waals surface area contributed by atoms with E-state index in [1.54, 1.807) is 0 Å². The van der Waals surface area contributed by atoms with Crippen LogP contribution < -0.4 is 37.5 Å². The van der Waals surface area contributed by atoms with Gasteiger partial charge in [0.1, 0.15) is 42.6 Å². The molecular weight excluding hydrogens is 642 g/mol. The highest BCUT2D eigenvalue weighted by Gasteiger charge is 2.35. The Balaban J connectivity index is 1.30. The van der Waals surface area contributed by atoms with Crippen LogP contribution in [-0.2, 0) is 0 Å². The lowest BCUT2D eigenvalue weighted by Gasteiger charge is -2.29. The Labute approximate surface area is 279 Å². The van der Waals surface area contributed by atoms with Crippen LogP contribution in [0, 0.1) is 0 Å². The fourth-order valence-electron chi connectivity index (χ4n) is 4.81. The minimum absolute atomic E-state index is 0.660. The maximum absolute atomic E-state index is 6.61. The van der Waals surface area contributed by atoms with Gasteiger partial charge in [-0.05, 0) is 71.0 Å². The van der Waals surface area contributed by atoms with E-state index < -0.39 is 25.3 Å². The molecule has 0 atom stereocenters. The quantitative estimate of drug-likeness (QED) is 0.0846. The largest absolute Gasteiger partial charge is 0.530 e. The zero-order chi connectivity index (χ0) is 32.3. The molecule has 236 valence electrons. The first-order valence-electron chi connectivity index (χ1n) is 15.1. The molecule has 0 spiro atoms. The van der Waals surface area contributed by atoms with E-state index in [0.717, 1.165) is 10.4 Å². The SMILES string of the molecule is C[Si](C)(c1ccccc1OP(Oc1ccccc1)Oc1ccccc1)c1ccccc1OP(Oc1ccccc1)Oc1ccccc1. The molecule has 9 heteroatoms. The van der Waals surface area contributed by atoms with Crippen LogP contribution in [0.2, 0.25) is 13.1 Å². The third-order valence-corrected chi connectivity index (χ3v) is 12.8. The van der Waals surface area contributed by atoms with Crippen molar-refractivity contribution in [2.75, 3.05) is 0 Å². The zero-order valence-corrected chi connectivity index (χ0v) is 28.8.